The number of amides is 2. The summed E-state index contributed by atoms with van der Waals surface area (Å²) < 4.78 is 5.37. The Labute approximate surface area is 234 Å². The molecule has 7 nitrogen and oxygen atoms in total. The van der Waals surface area contributed by atoms with Crippen LogP contribution in [0, 0.1) is 11.8 Å². The number of rotatable bonds is 5. The molecule has 1 aromatic heterocycles. The van der Waals surface area contributed by atoms with Crippen molar-refractivity contribution in [1.82, 2.24) is 19.7 Å². The molecule has 2 aromatic rings. The summed E-state index contributed by atoms with van der Waals surface area (Å²) in [7, 11) is 0. The Balaban J connectivity index is 1.17. The van der Waals surface area contributed by atoms with Crippen LogP contribution in [0.2, 0.25) is 5.02 Å². The van der Waals surface area contributed by atoms with Gasteiger partial charge in [0.1, 0.15) is 0 Å². The van der Waals surface area contributed by atoms with Crippen molar-refractivity contribution in [3.05, 3.63) is 58.4 Å². The maximum absolute atomic E-state index is 13.2. The van der Waals surface area contributed by atoms with Crippen LogP contribution in [0.5, 0.6) is 0 Å². The average Bonchev–Trinajstić information content (AvgIpc) is 3.09. The molecule has 2 fully saturated rings. The average molecular weight is 557 g/mol. The molecule has 9 heteroatoms. The van der Waals surface area contributed by atoms with Gasteiger partial charge in [-0.2, -0.15) is 0 Å². The zero-order chi connectivity index (χ0) is 26.6. The second kappa shape index (κ2) is 12.3. The third kappa shape index (κ3) is 6.29. The van der Waals surface area contributed by atoms with E-state index in [0.29, 0.717) is 51.0 Å². The molecule has 1 aromatic carbocycles. The lowest BCUT2D eigenvalue weighted by Crippen LogP contribution is -2.50. The van der Waals surface area contributed by atoms with Gasteiger partial charge in [-0.25, -0.2) is 4.79 Å². The Morgan fingerprint density at radius 3 is 2.58 bits per heavy atom. The van der Waals surface area contributed by atoms with Gasteiger partial charge in [-0.3, -0.25) is 14.7 Å². The van der Waals surface area contributed by atoms with Gasteiger partial charge >= 0.3 is 6.09 Å². The van der Waals surface area contributed by atoms with Gasteiger partial charge in [-0.1, -0.05) is 37.6 Å². The summed E-state index contributed by atoms with van der Waals surface area (Å²) in [6.45, 7) is 8.89. The molecule has 0 bridgehead atoms. The highest BCUT2D eigenvalue weighted by Gasteiger charge is 2.34. The second-order valence-corrected chi connectivity index (χ2v) is 12.4. The molecule has 3 aliphatic heterocycles. The molecule has 0 aliphatic carbocycles. The molecule has 1 atom stereocenters. The summed E-state index contributed by atoms with van der Waals surface area (Å²) in [6.07, 6.45) is 3.91. The van der Waals surface area contributed by atoms with Gasteiger partial charge in [0.2, 0.25) is 5.91 Å². The standard InChI is InChI=1S/C29H37ClN4O3S/c1-20(2)18-37-29(36)34-10-7-21(8-11-34)16-26(35)32-12-14-33(15-13-32)28-24-6-5-23(30)17-25(24)38-19-22-4-3-9-31-27(22)28/h3-6,9,17,20-21,28H,7-8,10-16,18-19H2,1-2H3. The number of thioether (sulfide) groups is 1. The van der Waals surface area contributed by atoms with Crippen LogP contribution in [-0.2, 0) is 15.3 Å². The molecule has 204 valence electrons. The van der Waals surface area contributed by atoms with Crippen LogP contribution in [0.4, 0.5) is 4.79 Å². The van der Waals surface area contributed by atoms with E-state index < -0.39 is 0 Å². The minimum Gasteiger partial charge on any atom is -0.449 e. The van der Waals surface area contributed by atoms with Crippen LogP contribution in [0.25, 0.3) is 0 Å². The normalized spacial score (nSPS) is 20.6. The van der Waals surface area contributed by atoms with Crippen LogP contribution < -0.4 is 0 Å². The number of fused-ring (bicyclic) bond motifs is 2. The Morgan fingerprint density at radius 2 is 1.84 bits per heavy atom. The van der Waals surface area contributed by atoms with Crippen LogP contribution >= 0.6 is 23.4 Å². The predicted octanol–water partition coefficient (Wildman–Crippen LogP) is 5.47. The van der Waals surface area contributed by atoms with Crippen LogP contribution in [0.3, 0.4) is 0 Å². The smallest absolute Gasteiger partial charge is 0.409 e. The third-order valence-corrected chi connectivity index (χ3v) is 9.10. The molecular weight excluding hydrogens is 520 g/mol. The van der Waals surface area contributed by atoms with Crippen molar-refractivity contribution >= 4 is 35.4 Å². The molecule has 2 amide bonds. The van der Waals surface area contributed by atoms with Crippen molar-refractivity contribution in [2.24, 2.45) is 11.8 Å². The highest BCUT2D eigenvalue weighted by Crippen LogP contribution is 2.42. The first kappa shape index (κ1) is 27.3. The molecule has 5 rings (SSSR count). The first-order valence-electron chi connectivity index (χ1n) is 13.7. The Hall–Kier alpha value is -2.29. The summed E-state index contributed by atoms with van der Waals surface area (Å²) in [5, 5.41) is 0.752. The number of carbonyl (C=O) groups is 2. The minimum absolute atomic E-state index is 0.0606. The molecule has 0 saturated carbocycles. The topological polar surface area (TPSA) is 66.0 Å². The number of benzene rings is 1. The van der Waals surface area contributed by atoms with E-state index in [-0.39, 0.29) is 18.0 Å². The molecule has 0 spiro atoms. The molecule has 1 unspecified atom stereocenters. The first-order chi connectivity index (χ1) is 18.4. The van der Waals surface area contributed by atoms with Gasteiger partial charge in [0.25, 0.3) is 0 Å². The van der Waals surface area contributed by atoms with E-state index in [9.17, 15) is 9.59 Å². The zero-order valence-corrected chi connectivity index (χ0v) is 23.8. The van der Waals surface area contributed by atoms with Crippen molar-refractivity contribution in [1.29, 1.82) is 0 Å². The summed E-state index contributed by atoms with van der Waals surface area (Å²) >= 11 is 8.16. The van der Waals surface area contributed by atoms with Gasteiger partial charge in [-0.15, -0.1) is 11.8 Å². The van der Waals surface area contributed by atoms with Gasteiger partial charge in [0.05, 0.1) is 18.3 Å². The number of nitrogens with zero attached hydrogens (tertiary/aromatic N) is 4. The number of pyridine rings is 1. The molecule has 38 heavy (non-hydrogen) atoms. The Morgan fingerprint density at radius 1 is 1.08 bits per heavy atom. The molecule has 2 saturated heterocycles. The van der Waals surface area contributed by atoms with Crippen molar-refractivity contribution < 1.29 is 14.3 Å². The number of hydrogen-bond acceptors (Lipinski definition) is 6. The number of piperazine rings is 1. The maximum atomic E-state index is 13.2. The number of aromatic nitrogens is 1. The number of likely N-dealkylation sites (tertiary alicyclic amines) is 1. The van der Waals surface area contributed by atoms with E-state index >= 15 is 0 Å². The van der Waals surface area contributed by atoms with E-state index in [1.807, 2.05) is 48.8 Å². The SMILES string of the molecule is CC(C)COC(=O)N1CCC(CC(=O)N2CCN(C3c4ccc(Cl)cc4SCc4cccnc43)CC2)CC1. The number of halogens is 1. The van der Waals surface area contributed by atoms with Crippen LogP contribution in [-0.4, -0.2) is 77.6 Å². The highest BCUT2D eigenvalue weighted by molar-refractivity contribution is 7.98. The quantitative estimate of drug-likeness (QED) is 0.486. The number of ether oxygens (including phenoxy) is 1. The fraction of sp³-hybridized carbons (Fsp3) is 0.552. The van der Waals surface area contributed by atoms with Gasteiger partial charge in [0.15, 0.2) is 0 Å². The molecular formula is C29H37ClN4O3S. The molecule has 3 aliphatic rings. The van der Waals surface area contributed by atoms with Crippen LogP contribution in [0.1, 0.15) is 56.0 Å². The summed E-state index contributed by atoms with van der Waals surface area (Å²) in [5.41, 5.74) is 3.61. The third-order valence-electron chi connectivity index (χ3n) is 7.75. The van der Waals surface area contributed by atoms with Crippen molar-refractivity contribution in [3.8, 4) is 0 Å². The van der Waals surface area contributed by atoms with Crippen molar-refractivity contribution in [2.45, 2.75) is 49.8 Å². The molecule has 0 N–H and O–H groups in total. The highest BCUT2D eigenvalue weighted by atomic mass is 35.5. The minimum atomic E-state index is -0.226. The first-order valence-corrected chi connectivity index (χ1v) is 15.0. The van der Waals surface area contributed by atoms with E-state index in [1.54, 1.807) is 4.90 Å². The second-order valence-electron chi connectivity index (χ2n) is 10.9. The Kier molecular flexibility index (Phi) is 8.81. The summed E-state index contributed by atoms with van der Waals surface area (Å²) in [5.74, 6) is 1.75. The predicted molar refractivity (Wildman–Crippen MR) is 150 cm³/mol. The van der Waals surface area contributed by atoms with Gasteiger partial charge in [-0.05, 0) is 54.0 Å². The monoisotopic (exact) mass is 556 g/mol. The van der Waals surface area contributed by atoms with Gasteiger partial charge in [0, 0.05) is 67.6 Å². The van der Waals surface area contributed by atoms with E-state index in [4.69, 9.17) is 21.3 Å². The largest absolute Gasteiger partial charge is 0.449 e. The lowest BCUT2D eigenvalue weighted by molar-refractivity contribution is -0.134. The number of hydrogen-bond donors (Lipinski definition) is 0. The van der Waals surface area contributed by atoms with Crippen molar-refractivity contribution in [2.75, 3.05) is 45.9 Å². The summed E-state index contributed by atoms with van der Waals surface area (Å²) in [4.78, 5) is 37.7. The molecule has 4 heterocycles. The van der Waals surface area contributed by atoms with Gasteiger partial charge < -0.3 is 14.5 Å². The Bertz CT molecular complexity index is 1150. The van der Waals surface area contributed by atoms with E-state index in [2.05, 4.69) is 23.1 Å². The zero-order valence-electron chi connectivity index (χ0n) is 22.3. The van der Waals surface area contributed by atoms with Crippen molar-refractivity contribution in [3.63, 3.8) is 0 Å². The maximum Gasteiger partial charge on any atom is 0.409 e. The summed E-state index contributed by atoms with van der Waals surface area (Å²) in [6, 6.07) is 10.4. The number of carbonyl (C=O) groups excluding carboxylic acids is 2. The number of piperidine rings is 1. The van der Waals surface area contributed by atoms with E-state index in [0.717, 1.165) is 42.4 Å². The lowest BCUT2D eigenvalue weighted by atomic mass is 9.93. The molecule has 0 radical (unpaired) electrons. The lowest BCUT2D eigenvalue weighted by Gasteiger charge is -2.40. The van der Waals surface area contributed by atoms with E-state index in [1.165, 1.54) is 16.0 Å². The van der Waals surface area contributed by atoms with Crippen LogP contribution in [0.15, 0.2) is 41.4 Å². The fourth-order valence-electron chi connectivity index (χ4n) is 5.61. The fourth-order valence-corrected chi connectivity index (χ4v) is 6.95.